The quantitative estimate of drug-likeness (QED) is 0.360. The number of hydrogen-bond acceptors (Lipinski definition) is 4. The number of hydrazine groups is 1. The van der Waals surface area contributed by atoms with Crippen molar-refractivity contribution in [3.05, 3.63) is 78.2 Å². The number of nitrogens with one attached hydrogen (secondary N) is 2. The van der Waals surface area contributed by atoms with Gasteiger partial charge in [-0.1, -0.05) is 62.4 Å². The van der Waals surface area contributed by atoms with Crippen molar-refractivity contribution in [3.8, 4) is 16.9 Å². The Hall–Kier alpha value is -3.47. The SMILES string of the molecule is C/C=C\C(=C/C)NNC(=O)c1oc2ccc(-c3ccccc3)cc2c1OCC.CC. The summed E-state index contributed by atoms with van der Waals surface area (Å²) in [5.41, 5.74) is 9.04. The zero-order valence-corrected chi connectivity index (χ0v) is 18.3. The van der Waals surface area contributed by atoms with Crippen LogP contribution in [-0.4, -0.2) is 12.5 Å². The number of carbonyl (C=O) groups excluding carboxylic acids is 1. The summed E-state index contributed by atoms with van der Waals surface area (Å²) < 4.78 is 11.6. The molecule has 3 rings (SSSR count). The Kier molecular flexibility index (Phi) is 8.75. The monoisotopic (exact) mass is 406 g/mol. The van der Waals surface area contributed by atoms with Gasteiger partial charge in [0.05, 0.1) is 12.0 Å². The predicted molar refractivity (Wildman–Crippen MR) is 123 cm³/mol. The highest BCUT2D eigenvalue weighted by atomic mass is 16.5. The van der Waals surface area contributed by atoms with Gasteiger partial charge in [-0.15, -0.1) is 0 Å². The molecule has 0 aliphatic heterocycles. The number of benzene rings is 2. The van der Waals surface area contributed by atoms with Gasteiger partial charge in [-0.25, -0.2) is 0 Å². The van der Waals surface area contributed by atoms with Gasteiger partial charge in [-0.3, -0.25) is 15.6 Å². The molecule has 0 aliphatic carbocycles. The molecule has 0 fully saturated rings. The van der Waals surface area contributed by atoms with Crippen LogP contribution in [0, 0.1) is 0 Å². The second-order valence-electron chi connectivity index (χ2n) is 6.09. The van der Waals surface area contributed by atoms with Gasteiger partial charge in [-0.2, -0.15) is 0 Å². The summed E-state index contributed by atoms with van der Waals surface area (Å²) in [6, 6.07) is 15.9. The fraction of sp³-hybridized carbons (Fsp3) is 0.240. The Morgan fingerprint density at radius 3 is 2.40 bits per heavy atom. The molecule has 0 unspecified atom stereocenters. The lowest BCUT2D eigenvalue weighted by Crippen LogP contribution is -2.36. The fourth-order valence-electron chi connectivity index (χ4n) is 2.90. The maximum atomic E-state index is 12.7. The molecular formula is C25H30N2O3. The molecule has 5 heteroatoms. The Morgan fingerprint density at radius 2 is 1.77 bits per heavy atom. The molecule has 0 bridgehead atoms. The molecule has 158 valence electrons. The molecule has 1 aromatic heterocycles. The number of fused-ring (bicyclic) bond motifs is 1. The van der Waals surface area contributed by atoms with Crippen LogP contribution in [0.1, 0.15) is 45.2 Å². The van der Waals surface area contributed by atoms with Gasteiger partial charge in [0.25, 0.3) is 0 Å². The molecule has 0 radical (unpaired) electrons. The van der Waals surface area contributed by atoms with Crippen molar-refractivity contribution in [2.75, 3.05) is 6.61 Å². The number of ether oxygens (including phenoxy) is 1. The van der Waals surface area contributed by atoms with Crippen LogP contribution in [0.3, 0.4) is 0 Å². The average molecular weight is 407 g/mol. The first-order valence-corrected chi connectivity index (χ1v) is 10.3. The van der Waals surface area contributed by atoms with Crippen LogP contribution in [0.4, 0.5) is 0 Å². The van der Waals surface area contributed by atoms with Crippen LogP contribution >= 0.6 is 0 Å². The number of furan rings is 1. The third-order valence-corrected chi connectivity index (χ3v) is 4.22. The molecule has 0 saturated carbocycles. The van der Waals surface area contributed by atoms with Crippen molar-refractivity contribution in [1.82, 2.24) is 10.9 Å². The van der Waals surface area contributed by atoms with E-state index >= 15 is 0 Å². The summed E-state index contributed by atoms with van der Waals surface area (Å²) >= 11 is 0. The van der Waals surface area contributed by atoms with Crippen molar-refractivity contribution >= 4 is 16.9 Å². The molecule has 2 aromatic carbocycles. The molecule has 1 amide bonds. The molecule has 0 atom stereocenters. The Morgan fingerprint density at radius 1 is 1.03 bits per heavy atom. The molecule has 0 aliphatic rings. The zero-order chi connectivity index (χ0) is 21.9. The minimum absolute atomic E-state index is 0.144. The van der Waals surface area contributed by atoms with E-state index in [4.69, 9.17) is 9.15 Å². The van der Waals surface area contributed by atoms with Gasteiger partial charge in [-0.05, 0) is 50.1 Å². The van der Waals surface area contributed by atoms with Crippen LogP contribution in [-0.2, 0) is 0 Å². The van der Waals surface area contributed by atoms with Gasteiger partial charge >= 0.3 is 5.91 Å². The second-order valence-corrected chi connectivity index (χ2v) is 6.09. The molecule has 1 heterocycles. The van der Waals surface area contributed by atoms with Crippen molar-refractivity contribution in [2.24, 2.45) is 0 Å². The molecule has 2 N–H and O–H groups in total. The lowest BCUT2D eigenvalue weighted by molar-refractivity contribution is 0.0908. The van der Waals surface area contributed by atoms with E-state index in [2.05, 4.69) is 10.9 Å². The van der Waals surface area contributed by atoms with Gasteiger partial charge in [0.1, 0.15) is 5.58 Å². The third-order valence-electron chi connectivity index (χ3n) is 4.22. The molecule has 30 heavy (non-hydrogen) atoms. The molecule has 0 spiro atoms. The lowest BCUT2D eigenvalue weighted by atomic mass is 10.0. The van der Waals surface area contributed by atoms with Crippen molar-refractivity contribution < 1.29 is 13.9 Å². The summed E-state index contributed by atoms with van der Waals surface area (Å²) in [5, 5.41) is 0.771. The van der Waals surface area contributed by atoms with Crippen molar-refractivity contribution in [3.63, 3.8) is 0 Å². The van der Waals surface area contributed by atoms with Crippen LogP contribution in [0.5, 0.6) is 5.75 Å². The minimum atomic E-state index is -0.398. The largest absolute Gasteiger partial charge is 0.489 e. The molecule has 5 nitrogen and oxygen atoms in total. The average Bonchev–Trinajstić information content (AvgIpc) is 3.16. The van der Waals surface area contributed by atoms with Gasteiger partial charge in [0, 0.05) is 5.70 Å². The normalized spacial score (nSPS) is 11.2. The van der Waals surface area contributed by atoms with E-state index in [1.165, 1.54) is 0 Å². The van der Waals surface area contributed by atoms with Crippen LogP contribution in [0.2, 0.25) is 0 Å². The Bertz CT molecular complexity index is 1020. The van der Waals surface area contributed by atoms with E-state index in [1.54, 1.807) is 0 Å². The standard InChI is InChI=1S/C23H24N2O3.C2H6/c1-4-10-18(5-2)24-25-23(26)22-21(27-6-3)19-15-17(13-14-20(19)28-22)16-11-8-7-9-12-16;1-2/h4-5,7-15,24H,6H2,1-3H3,(H,25,26);1-2H3/b10-4-,18-5+;. The van der Waals surface area contributed by atoms with Crippen LogP contribution in [0.15, 0.2) is 76.9 Å². The molecule has 0 saturated heterocycles. The van der Waals surface area contributed by atoms with E-state index in [9.17, 15) is 4.79 Å². The second kappa shape index (κ2) is 11.5. The first kappa shape index (κ1) is 22.8. The van der Waals surface area contributed by atoms with E-state index < -0.39 is 5.91 Å². The number of rotatable bonds is 7. The highest BCUT2D eigenvalue weighted by molar-refractivity contribution is 6.02. The number of carbonyl (C=O) groups is 1. The Labute approximate surface area is 178 Å². The van der Waals surface area contributed by atoms with E-state index in [0.717, 1.165) is 22.2 Å². The highest BCUT2D eigenvalue weighted by Crippen LogP contribution is 2.36. The molecule has 3 aromatic rings. The molecular weight excluding hydrogens is 376 g/mol. The van der Waals surface area contributed by atoms with E-state index in [0.29, 0.717) is 17.9 Å². The fourth-order valence-corrected chi connectivity index (χ4v) is 2.90. The van der Waals surface area contributed by atoms with Gasteiger partial charge in [0.15, 0.2) is 5.75 Å². The van der Waals surface area contributed by atoms with Gasteiger partial charge in [0.2, 0.25) is 5.76 Å². The maximum absolute atomic E-state index is 12.7. The summed E-state index contributed by atoms with van der Waals surface area (Å²) in [7, 11) is 0. The Balaban J connectivity index is 0.00000155. The predicted octanol–water partition coefficient (Wildman–Crippen LogP) is 6.24. The first-order chi connectivity index (χ1) is 14.7. The smallest absolute Gasteiger partial charge is 0.309 e. The summed E-state index contributed by atoms with van der Waals surface area (Å²) in [6.45, 7) is 10.1. The number of allylic oxidation sites excluding steroid dienone is 3. The van der Waals surface area contributed by atoms with Gasteiger partial charge < -0.3 is 9.15 Å². The minimum Gasteiger partial charge on any atom is -0.489 e. The van der Waals surface area contributed by atoms with E-state index in [-0.39, 0.29) is 5.76 Å². The van der Waals surface area contributed by atoms with E-state index in [1.807, 2.05) is 101 Å². The number of hydrogen-bond donors (Lipinski definition) is 2. The summed E-state index contributed by atoms with van der Waals surface area (Å²) in [4.78, 5) is 12.7. The first-order valence-electron chi connectivity index (χ1n) is 10.3. The summed E-state index contributed by atoms with van der Waals surface area (Å²) in [6.07, 6.45) is 5.59. The lowest BCUT2D eigenvalue weighted by Gasteiger charge is -2.09. The third kappa shape index (κ3) is 5.32. The maximum Gasteiger partial charge on any atom is 0.309 e. The zero-order valence-electron chi connectivity index (χ0n) is 18.3. The van der Waals surface area contributed by atoms with Crippen molar-refractivity contribution in [2.45, 2.75) is 34.6 Å². The topological polar surface area (TPSA) is 63.5 Å². The van der Waals surface area contributed by atoms with Crippen LogP contribution < -0.4 is 15.6 Å². The number of amides is 1. The van der Waals surface area contributed by atoms with Crippen LogP contribution in [0.25, 0.3) is 22.1 Å². The summed E-state index contributed by atoms with van der Waals surface area (Å²) in [5.74, 6) is 0.192. The van der Waals surface area contributed by atoms with Crippen molar-refractivity contribution in [1.29, 1.82) is 0 Å². The highest BCUT2D eigenvalue weighted by Gasteiger charge is 2.22.